The van der Waals surface area contributed by atoms with E-state index in [1.54, 1.807) is 10.6 Å². The third-order valence-corrected chi connectivity index (χ3v) is 6.53. The van der Waals surface area contributed by atoms with Crippen molar-refractivity contribution in [2.24, 2.45) is 0 Å². The van der Waals surface area contributed by atoms with Gasteiger partial charge in [0.1, 0.15) is 18.0 Å². The lowest BCUT2D eigenvalue weighted by Crippen LogP contribution is -2.33. The van der Waals surface area contributed by atoms with Crippen molar-refractivity contribution in [2.45, 2.75) is 64.8 Å². The quantitative estimate of drug-likeness (QED) is 0.344. The summed E-state index contributed by atoms with van der Waals surface area (Å²) < 4.78 is 13.2. The van der Waals surface area contributed by atoms with Gasteiger partial charge >= 0.3 is 12.1 Å². The first-order valence-corrected chi connectivity index (χ1v) is 12.9. The van der Waals surface area contributed by atoms with Crippen molar-refractivity contribution in [1.82, 2.24) is 9.47 Å². The van der Waals surface area contributed by atoms with Crippen molar-refractivity contribution in [3.63, 3.8) is 0 Å². The van der Waals surface area contributed by atoms with Gasteiger partial charge in [-0.3, -0.25) is 14.3 Å². The molecule has 2 aromatic carbocycles. The number of rotatable bonds is 9. The number of nitrogens with zero attached hydrogens (tertiary/aromatic N) is 2. The number of fused-ring (bicyclic) bond motifs is 1. The number of carboxylic acid groups (broad SMARTS) is 1. The molecule has 4 rings (SSSR count). The van der Waals surface area contributed by atoms with E-state index in [0.29, 0.717) is 6.61 Å². The Morgan fingerprint density at radius 3 is 2.53 bits per heavy atom. The highest BCUT2D eigenvalue weighted by molar-refractivity contribution is 5.72. The molecule has 0 amide bonds. The Bertz CT molecular complexity index is 1290. The van der Waals surface area contributed by atoms with E-state index in [4.69, 9.17) is 14.6 Å². The molecule has 3 aromatic rings. The zero-order chi connectivity index (χ0) is 27.3. The molecule has 0 saturated carbocycles. The SMILES string of the molecule is C=C[C@@H](CC(=O)O)c1ccc(OCc2cccc(CN3CCc4c(ccn4C(=O)OC(C)(C)C)C3)c2)cc1. The van der Waals surface area contributed by atoms with Crippen LogP contribution in [0.5, 0.6) is 5.75 Å². The van der Waals surface area contributed by atoms with E-state index in [-0.39, 0.29) is 18.4 Å². The number of benzene rings is 2. The van der Waals surface area contributed by atoms with Gasteiger partial charge in [0.05, 0.1) is 6.42 Å². The van der Waals surface area contributed by atoms with Crippen LogP contribution in [-0.4, -0.2) is 38.8 Å². The van der Waals surface area contributed by atoms with Crippen molar-refractivity contribution in [3.05, 3.63) is 101 Å². The first kappa shape index (κ1) is 27.2. The monoisotopic (exact) mass is 516 g/mol. The molecule has 0 aliphatic carbocycles. The smallest absolute Gasteiger partial charge is 0.418 e. The van der Waals surface area contributed by atoms with Gasteiger partial charge < -0.3 is 14.6 Å². The predicted octanol–water partition coefficient (Wildman–Crippen LogP) is 6.15. The fourth-order valence-electron chi connectivity index (χ4n) is 4.71. The van der Waals surface area contributed by atoms with Crippen molar-refractivity contribution < 1.29 is 24.2 Å². The average molecular weight is 517 g/mol. The molecule has 0 spiro atoms. The fraction of sp³-hybridized carbons (Fsp3) is 0.355. The second-order valence-corrected chi connectivity index (χ2v) is 10.7. The van der Waals surface area contributed by atoms with E-state index in [0.717, 1.165) is 54.2 Å². The predicted molar refractivity (Wildman–Crippen MR) is 146 cm³/mol. The Labute approximate surface area is 224 Å². The highest BCUT2D eigenvalue weighted by Gasteiger charge is 2.25. The van der Waals surface area contributed by atoms with Gasteiger partial charge in [-0.15, -0.1) is 6.58 Å². The zero-order valence-corrected chi connectivity index (χ0v) is 22.4. The number of carboxylic acids is 1. The van der Waals surface area contributed by atoms with E-state index in [2.05, 4.69) is 23.6 Å². The zero-order valence-electron chi connectivity index (χ0n) is 22.4. The van der Waals surface area contributed by atoms with Crippen molar-refractivity contribution in [1.29, 1.82) is 0 Å². The van der Waals surface area contributed by atoms with Crippen LogP contribution in [0.15, 0.2) is 73.4 Å². The van der Waals surface area contributed by atoms with E-state index in [9.17, 15) is 9.59 Å². The van der Waals surface area contributed by atoms with Crippen LogP contribution in [0.1, 0.15) is 61.1 Å². The Hall–Kier alpha value is -3.84. The topological polar surface area (TPSA) is 81.0 Å². The summed E-state index contributed by atoms with van der Waals surface area (Å²) in [6.45, 7) is 12.3. The molecule has 7 nitrogen and oxygen atoms in total. The molecule has 7 heteroatoms. The molecule has 0 unspecified atom stereocenters. The minimum Gasteiger partial charge on any atom is -0.489 e. The van der Waals surface area contributed by atoms with Gasteiger partial charge in [0.2, 0.25) is 0 Å². The lowest BCUT2D eigenvalue weighted by Gasteiger charge is -2.28. The first-order chi connectivity index (χ1) is 18.1. The Morgan fingerprint density at radius 1 is 1.11 bits per heavy atom. The largest absolute Gasteiger partial charge is 0.489 e. The highest BCUT2D eigenvalue weighted by Crippen LogP contribution is 2.25. The normalized spacial score (nSPS) is 14.4. The second-order valence-electron chi connectivity index (χ2n) is 10.7. The van der Waals surface area contributed by atoms with Crippen molar-refractivity contribution >= 4 is 12.1 Å². The maximum absolute atomic E-state index is 12.6. The van der Waals surface area contributed by atoms with Crippen molar-refractivity contribution in [2.75, 3.05) is 6.54 Å². The van der Waals surface area contributed by atoms with Crippen LogP contribution < -0.4 is 4.74 Å². The van der Waals surface area contributed by atoms with Crippen LogP contribution in [0, 0.1) is 0 Å². The number of ether oxygens (including phenoxy) is 2. The molecular weight excluding hydrogens is 480 g/mol. The lowest BCUT2D eigenvalue weighted by molar-refractivity contribution is -0.137. The third-order valence-electron chi connectivity index (χ3n) is 6.53. The third kappa shape index (κ3) is 7.13. The standard InChI is InChI=1S/C31H36N2O5/c1-5-24(18-29(34)35)25-9-11-27(12-10-25)37-21-23-8-6-7-22(17-23)19-32-15-14-28-26(20-32)13-16-33(28)30(36)38-31(2,3)4/h5-13,16-17,24H,1,14-15,18-21H2,2-4H3,(H,34,35)/t24-/m0/s1. The number of aromatic nitrogens is 1. The molecule has 0 radical (unpaired) electrons. The molecule has 1 atom stereocenters. The molecule has 2 heterocycles. The van der Waals surface area contributed by atoms with E-state index >= 15 is 0 Å². The van der Waals surface area contributed by atoms with Crippen molar-refractivity contribution in [3.8, 4) is 5.75 Å². The molecule has 1 aliphatic heterocycles. The summed E-state index contributed by atoms with van der Waals surface area (Å²) in [5.41, 5.74) is 4.86. The maximum Gasteiger partial charge on any atom is 0.418 e. The van der Waals surface area contributed by atoms with Gasteiger partial charge in [-0.1, -0.05) is 42.5 Å². The number of hydrogen-bond acceptors (Lipinski definition) is 5. The van der Waals surface area contributed by atoms with Crippen LogP contribution in [0.25, 0.3) is 0 Å². The molecule has 0 fully saturated rings. The van der Waals surface area contributed by atoms with Crippen LogP contribution >= 0.6 is 0 Å². The van der Waals surface area contributed by atoms with Gasteiger partial charge in [0.25, 0.3) is 0 Å². The molecule has 1 aromatic heterocycles. The van der Waals surface area contributed by atoms with Gasteiger partial charge in [-0.05, 0) is 61.2 Å². The molecule has 1 N–H and O–H groups in total. The van der Waals surface area contributed by atoms with Crippen LogP contribution in [-0.2, 0) is 35.6 Å². The van der Waals surface area contributed by atoms with Crippen LogP contribution in [0.4, 0.5) is 4.79 Å². The number of hydrogen-bond donors (Lipinski definition) is 1. The lowest BCUT2D eigenvalue weighted by atomic mass is 9.96. The molecule has 38 heavy (non-hydrogen) atoms. The maximum atomic E-state index is 12.6. The molecule has 200 valence electrons. The van der Waals surface area contributed by atoms with Crippen LogP contribution in [0.2, 0.25) is 0 Å². The summed E-state index contributed by atoms with van der Waals surface area (Å²) in [7, 11) is 0. The minimum absolute atomic E-state index is 0.0182. The first-order valence-electron chi connectivity index (χ1n) is 12.9. The van der Waals surface area contributed by atoms with Gasteiger partial charge in [-0.25, -0.2) is 4.79 Å². The summed E-state index contributed by atoms with van der Waals surface area (Å²) in [5.74, 6) is -0.338. The second kappa shape index (κ2) is 11.7. The summed E-state index contributed by atoms with van der Waals surface area (Å²) >= 11 is 0. The van der Waals surface area contributed by atoms with Crippen LogP contribution in [0.3, 0.4) is 0 Å². The molecular formula is C31H36N2O5. The van der Waals surface area contributed by atoms with Gasteiger partial charge in [-0.2, -0.15) is 0 Å². The Balaban J connectivity index is 1.33. The van der Waals surface area contributed by atoms with Gasteiger partial charge in [0.15, 0.2) is 0 Å². The van der Waals surface area contributed by atoms with E-state index in [1.165, 1.54) is 5.56 Å². The summed E-state index contributed by atoms with van der Waals surface area (Å²) in [6.07, 6.45) is 3.96. The minimum atomic E-state index is -0.848. The van der Waals surface area contributed by atoms with E-state index in [1.807, 2.05) is 69.4 Å². The average Bonchev–Trinajstić information content (AvgIpc) is 3.29. The molecule has 0 saturated heterocycles. The fourth-order valence-corrected chi connectivity index (χ4v) is 4.71. The summed E-state index contributed by atoms with van der Waals surface area (Å²) in [6, 6.07) is 17.9. The van der Waals surface area contributed by atoms with Gasteiger partial charge in [0, 0.05) is 43.9 Å². The molecule has 1 aliphatic rings. The number of carbonyl (C=O) groups is 2. The Morgan fingerprint density at radius 2 is 1.84 bits per heavy atom. The molecule has 0 bridgehead atoms. The summed E-state index contributed by atoms with van der Waals surface area (Å²) in [5, 5.41) is 9.07. The van der Waals surface area contributed by atoms with E-state index < -0.39 is 11.6 Å². The number of aliphatic carboxylic acids is 1. The number of carbonyl (C=O) groups excluding carboxylic acids is 1. The highest BCUT2D eigenvalue weighted by atomic mass is 16.6. The summed E-state index contributed by atoms with van der Waals surface area (Å²) in [4.78, 5) is 26.0. The number of allylic oxidation sites excluding steroid dienone is 1. The Kier molecular flexibility index (Phi) is 8.37.